The van der Waals surface area contributed by atoms with Crippen LogP contribution in [-0.2, 0) is 4.74 Å². The second-order valence-corrected chi connectivity index (χ2v) is 3.94. The number of carbonyl (C=O) groups excluding carboxylic acids is 1. The molecule has 1 aliphatic rings. The number of hydrogen-bond acceptors (Lipinski definition) is 3. The van der Waals surface area contributed by atoms with E-state index in [-0.39, 0.29) is 11.7 Å². The lowest BCUT2D eigenvalue weighted by atomic mass is 9.90. The smallest absolute Gasteiger partial charge is 0.166 e. The normalized spacial score (nSPS) is 17.7. The number of Topliss-reactive ketones (excluding diaryl/α,β-unsaturated/α-hetero) is 1. The first kappa shape index (κ1) is 10.3. The minimum Gasteiger partial charge on any atom is -0.381 e. The van der Waals surface area contributed by atoms with Gasteiger partial charge in [-0.15, -0.1) is 0 Å². The van der Waals surface area contributed by atoms with Crippen LogP contribution >= 0.6 is 0 Å². The van der Waals surface area contributed by atoms with Gasteiger partial charge in [-0.3, -0.25) is 9.78 Å². The first-order chi connectivity index (χ1) is 7.29. The standard InChI is InChI=1S/C12H15NO2/c1-9-8-13-5-2-11(9)12(14)10-3-6-15-7-4-10/h2,5,8,10H,3-4,6-7H2,1H3. The van der Waals surface area contributed by atoms with Crippen molar-refractivity contribution in [2.24, 2.45) is 5.92 Å². The summed E-state index contributed by atoms with van der Waals surface area (Å²) in [4.78, 5) is 16.1. The predicted molar refractivity (Wildman–Crippen MR) is 56.8 cm³/mol. The van der Waals surface area contributed by atoms with Crippen molar-refractivity contribution in [1.29, 1.82) is 0 Å². The second kappa shape index (κ2) is 4.53. The molecule has 0 spiro atoms. The van der Waals surface area contributed by atoms with Crippen molar-refractivity contribution in [3.8, 4) is 0 Å². The quantitative estimate of drug-likeness (QED) is 0.693. The lowest BCUT2D eigenvalue weighted by molar-refractivity contribution is 0.0544. The van der Waals surface area contributed by atoms with Crippen molar-refractivity contribution in [1.82, 2.24) is 4.98 Å². The number of ketones is 1. The molecule has 2 heterocycles. The van der Waals surface area contributed by atoms with Crippen LogP contribution in [0, 0.1) is 12.8 Å². The Bertz CT molecular complexity index is 356. The van der Waals surface area contributed by atoms with Crippen molar-refractivity contribution in [2.45, 2.75) is 19.8 Å². The maximum Gasteiger partial charge on any atom is 0.166 e. The fraction of sp³-hybridized carbons (Fsp3) is 0.500. The summed E-state index contributed by atoms with van der Waals surface area (Å²) in [6, 6.07) is 1.81. The van der Waals surface area contributed by atoms with Gasteiger partial charge in [0.2, 0.25) is 0 Å². The van der Waals surface area contributed by atoms with Gasteiger partial charge in [0.15, 0.2) is 5.78 Å². The highest BCUT2D eigenvalue weighted by molar-refractivity contribution is 5.99. The number of pyridine rings is 1. The number of hydrogen-bond donors (Lipinski definition) is 0. The van der Waals surface area contributed by atoms with E-state index < -0.39 is 0 Å². The molecular formula is C12H15NO2. The molecule has 0 aliphatic carbocycles. The molecule has 0 atom stereocenters. The Morgan fingerprint density at radius 1 is 1.47 bits per heavy atom. The van der Waals surface area contributed by atoms with Crippen LogP contribution in [0.3, 0.4) is 0 Å². The summed E-state index contributed by atoms with van der Waals surface area (Å²) >= 11 is 0. The van der Waals surface area contributed by atoms with Crippen LogP contribution in [0.4, 0.5) is 0 Å². The van der Waals surface area contributed by atoms with Crippen molar-refractivity contribution in [3.05, 3.63) is 29.6 Å². The number of aryl methyl sites for hydroxylation is 1. The molecule has 0 N–H and O–H groups in total. The van der Waals surface area contributed by atoms with Gasteiger partial charge in [-0.2, -0.15) is 0 Å². The zero-order valence-corrected chi connectivity index (χ0v) is 8.90. The van der Waals surface area contributed by atoms with Crippen LogP contribution in [0.1, 0.15) is 28.8 Å². The van der Waals surface area contributed by atoms with E-state index >= 15 is 0 Å². The molecule has 2 rings (SSSR count). The Kier molecular flexibility index (Phi) is 3.11. The molecule has 0 aromatic carbocycles. The largest absolute Gasteiger partial charge is 0.381 e. The summed E-state index contributed by atoms with van der Waals surface area (Å²) < 4.78 is 5.25. The second-order valence-electron chi connectivity index (χ2n) is 3.94. The first-order valence-electron chi connectivity index (χ1n) is 5.31. The molecular weight excluding hydrogens is 190 g/mol. The van der Waals surface area contributed by atoms with Gasteiger partial charge in [0, 0.05) is 37.1 Å². The SMILES string of the molecule is Cc1cnccc1C(=O)C1CCOCC1. The fourth-order valence-electron chi connectivity index (χ4n) is 1.93. The lowest BCUT2D eigenvalue weighted by Gasteiger charge is -2.21. The van der Waals surface area contributed by atoms with Crippen LogP contribution in [-0.4, -0.2) is 24.0 Å². The molecule has 1 aromatic rings. The van der Waals surface area contributed by atoms with Crippen LogP contribution in [0.2, 0.25) is 0 Å². The summed E-state index contributed by atoms with van der Waals surface area (Å²) in [5, 5.41) is 0. The number of nitrogens with zero attached hydrogens (tertiary/aromatic N) is 1. The van der Waals surface area contributed by atoms with Crippen LogP contribution in [0.15, 0.2) is 18.5 Å². The molecule has 1 aliphatic heterocycles. The zero-order valence-electron chi connectivity index (χ0n) is 8.90. The Balaban J connectivity index is 2.16. The molecule has 15 heavy (non-hydrogen) atoms. The van der Waals surface area contributed by atoms with Crippen molar-refractivity contribution >= 4 is 5.78 Å². The summed E-state index contributed by atoms with van der Waals surface area (Å²) in [6.07, 6.45) is 5.12. The average molecular weight is 205 g/mol. The minimum absolute atomic E-state index is 0.139. The molecule has 0 amide bonds. The summed E-state index contributed by atoms with van der Waals surface area (Å²) in [6.45, 7) is 3.35. The summed E-state index contributed by atoms with van der Waals surface area (Å²) in [5.41, 5.74) is 1.78. The Morgan fingerprint density at radius 3 is 2.87 bits per heavy atom. The number of ether oxygens (including phenoxy) is 1. The van der Waals surface area contributed by atoms with E-state index in [1.165, 1.54) is 0 Å². The van der Waals surface area contributed by atoms with Gasteiger partial charge in [-0.1, -0.05) is 0 Å². The van der Waals surface area contributed by atoms with Gasteiger partial charge in [-0.25, -0.2) is 0 Å². The molecule has 0 unspecified atom stereocenters. The first-order valence-corrected chi connectivity index (χ1v) is 5.31. The van der Waals surface area contributed by atoms with E-state index in [0.29, 0.717) is 13.2 Å². The third-order valence-electron chi connectivity index (χ3n) is 2.88. The maximum absolute atomic E-state index is 12.1. The van der Waals surface area contributed by atoms with Gasteiger partial charge in [0.05, 0.1) is 0 Å². The molecule has 1 saturated heterocycles. The van der Waals surface area contributed by atoms with E-state index in [1.807, 2.05) is 13.0 Å². The monoisotopic (exact) mass is 205 g/mol. The third-order valence-corrected chi connectivity index (χ3v) is 2.88. The van der Waals surface area contributed by atoms with E-state index in [1.54, 1.807) is 12.4 Å². The third kappa shape index (κ3) is 2.23. The molecule has 0 radical (unpaired) electrons. The summed E-state index contributed by atoms with van der Waals surface area (Å²) in [7, 11) is 0. The highest BCUT2D eigenvalue weighted by atomic mass is 16.5. The lowest BCUT2D eigenvalue weighted by Crippen LogP contribution is -2.24. The average Bonchev–Trinajstić information content (AvgIpc) is 2.30. The highest BCUT2D eigenvalue weighted by Gasteiger charge is 2.23. The Morgan fingerprint density at radius 2 is 2.20 bits per heavy atom. The predicted octanol–water partition coefficient (Wildman–Crippen LogP) is 2.00. The number of rotatable bonds is 2. The van der Waals surface area contributed by atoms with Crippen LogP contribution in [0.5, 0.6) is 0 Å². The highest BCUT2D eigenvalue weighted by Crippen LogP contribution is 2.21. The van der Waals surface area contributed by atoms with E-state index in [2.05, 4.69) is 4.98 Å². The van der Waals surface area contributed by atoms with Crippen molar-refractivity contribution in [3.63, 3.8) is 0 Å². The van der Waals surface area contributed by atoms with Gasteiger partial charge in [0.25, 0.3) is 0 Å². The van der Waals surface area contributed by atoms with Crippen molar-refractivity contribution in [2.75, 3.05) is 13.2 Å². The van der Waals surface area contributed by atoms with E-state index in [9.17, 15) is 4.79 Å². The van der Waals surface area contributed by atoms with Gasteiger partial charge in [0.1, 0.15) is 0 Å². The van der Waals surface area contributed by atoms with Crippen LogP contribution in [0.25, 0.3) is 0 Å². The molecule has 1 aromatic heterocycles. The Labute approximate surface area is 89.5 Å². The summed E-state index contributed by atoms with van der Waals surface area (Å²) in [5.74, 6) is 0.387. The van der Waals surface area contributed by atoms with Crippen molar-refractivity contribution < 1.29 is 9.53 Å². The Hall–Kier alpha value is -1.22. The van der Waals surface area contributed by atoms with Gasteiger partial charge in [-0.05, 0) is 31.4 Å². The van der Waals surface area contributed by atoms with E-state index in [0.717, 1.165) is 24.0 Å². The fourth-order valence-corrected chi connectivity index (χ4v) is 1.93. The van der Waals surface area contributed by atoms with Gasteiger partial charge < -0.3 is 4.74 Å². The molecule has 0 bridgehead atoms. The molecule has 3 heteroatoms. The molecule has 1 fully saturated rings. The number of aromatic nitrogens is 1. The molecule has 0 saturated carbocycles. The topological polar surface area (TPSA) is 39.2 Å². The zero-order chi connectivity index (χ0) is 10.7. The van der Waals surface area contributed by atoms with Gasteiger partial charge >= 0.3 is 0 Å². The molecule has 80 valence electrons. The van der Waals surface area contributed by atoms with E-state index in [4.69, 9.17) is 4.74 Å². The molecule has 3 nitrogen and oxygen atoms in total. The minimum atomic E-state index is 0.139. The van der Waals surface area contributed by atoms with Crippen LogP contribution < -0.4 is 0 Å². The maximum atomic E-state index is 12.1. The number of carbonyl (C=O) groups is 1.